The van der Waals surface area contributed by atoms with Crippen LogP contribution in [0, 0.1) is 0 Å². The number of anilines is 1. The summed E-state index contributed by atoms with van der Waals surface area (Å²) in [6.07, 6.45) is -0.754. The van der Waals surface area contributed by atoms with E-state index >= 15 is 0 Å². The fourth-order valence-corrected chi connectivity index (χ4v) is 6.00. The van der Waals surface area contributed by atoms with Crippen LogP contribution >= 0.6 is 22.7 Å². The Labute approximate surface area is 229 Å². The van der Waals surface area contributed by atoms with Gasteiger partial charge in [-0.05, 0) is 47.2 Å². The van der Waals surface area contributed by atoms with Crippen molar-refractivity contribution in [2.45, 2.75) is 25.7 Å². The number of aliphatic carboxylic acids is 2. The monoisotopic (exact) mass is 569 g/mol. The van der Waals surface area contributed by atoms with Crippen molar-refractivity contribution in [1.82, 2.24) is 0 Å². The number of hydrogen-bond acceptors (Lipinski definition) is 9. The molecule has 0 saturated carbocycles. The quantitative estimate of drug-likeness (QED) is 0.188. The van der Waals surface area contributed by atoms with Crippen LogP contribution in [0.25, 0.3) is 20.2 Å². The van der Waals surface area contributed by atoms with Gasteiger partial charge in [0, 0.05) is 22.2 Å². The normalized spacial score (nSPS) is 10.9. The number of Topliss-reactive ketones (excluding diaryl/α,β-unsaturated/α-hetero) is 2. The van der Waals surface area contributed by atoms with E-state index in [1.165, 1.54) is 36.9 Å². The smallest absolute Gasteiger partial charge is 0.303 e. The number of benzene rings is 2. The maximum Gasteiger partial charge on any atom is 0.303 e. The zero-order chi connectivity index (χ0) is 28.3. The van der Waals surface area contributed by atoms with Gasteiger partial charge in [-0.15, -0.1) is 22.7 Å². The molecule has 0 atom stereocenters. The van der Waals surface area contributed by atoms with E-state index in [1.54, 1.807) is 36.4 Å². The van der Waals surface area contributed by atoms with Crippen LogP contribution in [0.5, 0.6) is 11.5 Å². The van der Waals surface area contributed by atoms with Gasteiger partial charge in [0.1, 0.15) is 11.5 Å². The lowest BCUT2D eigenvalue weighted by atomic mass is 10.1. The summed E-state index contributed by atoms with van der Waals surface area (Å²) in [5.41, 5.74) is 0.577. The third-order valence-electron chi connectivity index (χ3n) is 5.85. The van der Waals surface area contributed by atoms with Crippen LogP contribution in [0.4, 0.5) is 5.69 Å². The highest BCUT2D eigenvalue weighted by Crippen LogP contribution is 2.37. The van der Waals surface area contributed by atoms with Crippen LogP contribution in [0.3, 0.4) is 0 Å². The first-order valence-electron chi connectivity index (χ1n) is 11.6. The van der Waals surface area contributed by atoms with Crippen LogP contribution < -0.4 is 14.8 Å². The Hall–Kier alpha value is -4.29. The number of carbonyl (C=O) groups is 5. The maximum atomic E-state index is 13.3. The molecule has 0 aliphatic heterocycles. The topological polar surface area (TPSA) is 156 Å². The fraction of sp³-hybridized carbons (Fsp3) is 0.222. The van der Waals surface area contributed by atoms with E-state index < -0.39 is 17.8 Å². The van der Waals surface area contributed by atoms with Crippen molar-refractivity contribution in [2.75, 3.05) is 19.5 Å². The molecule has 4 rings (SSSR count). The first-order valence-corrected chi connectivity index (χ1v) is 13.3. The second-order valence-electron chi connectivity index (χ2n) is 8.49. The molecule has 2 aromatic carbocycles. The highest BCUT2D eigenvalue weighted by atomic mass is 32.1. The number of nitrogens with one attached hydrogen (secondary N) is 1. The summed E-state index contributed by atoms with van der Waals surface area (Å²) in [6.45, 7) is 0. The first-order chi connectivity index (χ1) is 18.6. The minimum absolute atomic E-state index is 0.110. The Morgan fingerprint density at radius 2 is 1.18 bits per heavy atom. The lowest BCUT2D eigenvalue weighted by Gasteiger charge is -2.13. The van der Waals surface area contributed by atoms with Gasteiger partial charge in [0.15, 0.2) is 11.6 Å². The zero-order valence-corrected chi connectivity index (χ0v) is 22.5. The Kier molecular flexibility index (Phi) is 8.27. The van der Waals surface area contributed by atoms with E-state index in [0.29, 0.717) is 41.4 Å². The number of methoxy groups -OCH3 is 2. The van der Waals surface area contributed by atoms with E-state index in [1.807, 2.05) is 0 Å². The number of carbonyl (C=O) groups excluding carboxylic acids is 3. The van der Waals surface area contributed by atoms with E-state index in [-0.39, 0.29) is 48.6 Å². The number of rotatable bonds is 12. The molecule has 10 nitrogen and oxygen atoms in total. The molecular weight excluding hydrogens is 546 g/mol. The van der Waals surface area contributed by atoms with Gasteiger partial charge >= 0.3 is 11.9 Å². The summed E-state index contributed by atoms with van der Waals surface area (Å²) in [4.78, 5) is 60.5. The van der Waals surface area contributed by atoms with Crippen molar-refractivity contribution in [3.63, 3.8) is 0 Å². The largest absolute Gasteiger partial charge is 0.496 e. The van der Waals surface area contributed by atoms with Gasteiger partial charge in [-0.3, -0.25) is 24.0 Å². The van der Waals surface area contributed by atoms with Gasteiger partial charge in [-0.1, -0.05) is 0 Å². The molecular formula is C27H23NO9S2. The highest BCUT2D eigenvalue weighted by molar-refractivity contribution is 7.21. The summed E-state index contributed by atoms with van der Waals surface area (Å²) in [5, 5.41) is 21.9. The Balaban J connectivity index is 1.62. The van der Waals surface area contributed by atoms with Crippen molar-refractivity contribution in [3.05, 3.63) is 51.7 Å². The second kappa shape index (κ2) is 11.6. The zero-order valence-electron chi connectivity index (χ0n) is 20.9. The lowest BCUT2D eigenvalue weighted by molar-refractivity contribution is -0.137. The van der Waals surface area contributed by atoms with Gasteiger partial charge < -0.3 is 25.0 Å². The van der Waals surface area contributed by atoms with Gasteiger partial charge in [-0.25, -0.2) is 0 Å². The highest BCUT2D eigenvalue weighted by Gasteiger charge is 2.20. The average Bonchev–Trinajstić information content (AvgIpc) is 3.52. The maximum absolute atomic E-state index is 13.3. The third-order valence-corrected chi connectivity index (χ3v) is 8.13. The summed E-state index contributed by atoms with van der Waals surface area (Å²) in [5.74, 6) is -2.52. The fourth-order valence-electron chi connectivity index (χ4n) is 3.90. The van der Waals surface area contributed by atoms with Gasteiger partial charge in [0.2, 0.25) is 0 Å². The minimum atomic E-state index is -1.05. The third kappa shape index (κ3) is 6.24. The average molecular weight is 570 g/mol. The van der Waals surface area contributed by atoms with Crippen molar-refractivity contribution >= 4 is 77.9 Å². The number of ketones is 2. The number of hydrogen-bond donors (Lipinski definition) is 3. The number of ether oxygens (including phenoxy) is 2. The predicted octanol–water partition coefficient (Wildman–Crippen LogP) is 5.48. The standard InChI is InChI=1S/C27H23NO9S2/c1-36-19-7-13-9-23(17(29)3-5-25(31)32)38-21(13)11-15(19)27(35)28-16-12-22-14(8-20(16)37-2)10-24(39-22)18(30)4-6-26(33)34/h7-12H,3-6H2,1-2H3,(H,28,35)(H,31,32)(H,33,34). The molecule has 0 bridgehead atoms. The van der Waals surface area contributed by atoms with Crippen LogP contribution in [-0.4, -0.2) is 53.8 Å². The SMILES string of the molecule is COc1cc2cc(C(=O)CCC(=O)O)sc2cc1NC(=O)c1cc2sc(C(=O)CCC(=O)O)cc2cc1OC. The molecule has 2 aromatic heterocycles. The number of carboxylic acid groups (broad SMARTS) is 2. The molecule has 12 heteroatoms. The molecule has 1 amide bonds. The molecule has 39 heavy (non-hydrogen) atoms. The molecule has 202 valence electrons. The molecule has 2 heterocycles. The van der Waals surface area contributed by atoms with Crippen LogP contribution in [-0.2, 0) is 9.59 Å². The van der Waals surface area contributed by atoms with Gasteiger partial charge in [0.05, 0.1) is 48.1 Å². The molecule has 0 aliphatic carbocycles. The van der Waals surface area contributed by atoms with Crippen molar-refractivity contribution < 1.29 is 43.7 Å². The van der Waals surface area contributed by atoms with Crippen molar-refractivity contribution in [3.8, 4) is 11.5 Å². The molecule has 0 saturated heterocycles. The Morgan fingerprint density at radius 3 is 1.67 bits per heavy atom. The van der Waals surface area contributed by atoms with Crippen LogP contribution in [0.1, 0.15) is 55.4 Å². The van der Waals surface area contributed by atoms with E-state index in [4.69, 9.17) is 19.7 Å². The van der Waals surface area contributed by atoms with E-state index in [9.17, 15) is 24.0 Å². The lowest BCUT2D eigenvalue weighted by Crippen LogP contribution is -2.13. The summed E-state index contributed by atoms with van der Waals surface area (Å²) >= 11 is 2.36. The first kappa shape index (κ1) is 27.7. The number of thiophene rings is 2. The van der Waals surface area contributed by atoms with Gasteiger partial charge in [0.25, 0.3) is 5.91 Å². The summed E-state index contributed by atoms with van der Waals surface area (Å²) in [6, 6.07) is 9.93. The van der Waals surface area contributed by atoms with E-state index in [2.05, 4.69) is 5.32 Å². The number of carboxylic acids is 2. The summed E-state index contributed by atoms with van der Waals surface area (Å²) in [7, 11) is 2.87. The summed E-state index contributed by atoms with van der Waals surface area (Å²) < 4.78 is 12.2. The molecule has 0 aliphatic rings. The molecule has 0 spiro atoms. The van der Waals surface area contributed by atoms with Crippen molar-refractivity contribution in [2.24, 2.45) is 0 Å². The number of amides is 1. The Morgan fingerprint density at radius 1 is 0.692 bits per heavy atom. The second-order valence-corrected chi connectivity index (χ2v) is 10.7. The van der Waals surface area contributed by atoms with Crippen molar-refractivity contribution in [1.29, 1.82) is 0 Å². The van der Waals surface area contributed by atoms with E-state index in [0.717, 1.165) is 0 Å². The predicted molar refractivity (Wildman–Crippen MR) is 147 cm³/mol. The number of fused-ring (bicyclic) bond motifs is 2. The molecule has 0 unspecified atom stereocenters. The molecule has 0 fully saturated rings. The van der Waals surface area contributed by atoms with Crippen LogP contribution in [0.15, 0.2) is 36.4 Å². The molecule has 4 aromatic rings. The Bertz CT molecular complexity index is 1630. The van der Waals surface area contributed by atoms with Gasteiger partial charge in [-0.2, -0.15) is 0 Å². The molecule has 3 N–H and O–H groups in total. The molecule has 0 radical (unpaired) electrons. The minimum Gasteiger partial charge on any atom is -0.496 e. The van der Waals surface area contributed by atoms with Crippen LogP contribution in [0.2, 0.25) is 0 Å².